The summed E-state index contributed by atoms with van der Waals surface area (Å²) in [5, 5.41) is 23.9. The summed E-state index contributed by atoms with van der Waals surface area (Å²) in [6.07, 6.45) is 5.87. The quantitative estimate of drug-likeness (QED) is 0.344. The minimum atomic E-state index is -1.29. The van der Waals surface area contributed by atoms with Gasteiger partial charge in [-0.1, -0.05) is 32.6 Å². The van der Waals surface area contributed by atoms with Gasteiger partial charge in [-0.25, -0.2) is 4.79 Å². The average molecular weight is 398 g/mol. The number of hydrogen-bond donors (Lipinski definition) is 4. The van der Waals surface area contributed by atoms with Gasteiger partial charge < -0.3 is 20.8 Å². The molecule has 0 spiro atoms. The number of aromatic hydroxyl groups is 1. The van der Waals surface area contributed by atoms with E-state index in [1.165, 1.54) is 31.0 Å². The molecule has 0 aromatic heterocycles. The number of carbonyl (C=O) groups excluding carboxylic acids is 2. The molecule has 0 radical (unpaired) electrons. The number of carboxylic acids is 1. The van der Waals surface area contributed by atoms with Crippen LogP contribution in [-0.2, 0) is 4.79 Å². The van der Waals surface area contributed by atoms with Crippen molar-refractivity contribution in [3.63, 3.8) is 0 Å². The Morgan fingerprint density at radius 3 is 2.17 bits per heavy atom. The van der Waals surface area contributed by atoms with Crippen LogP contribution >= 0.6 is 0 Å². The topological polar surface area (TPSA) is 116 Å². The van der Waals surface area contributed by atoms with Gasteiger partial charge in [0.05, 0.1) is 0 Å². The van der Waals surface area contributed by atoms with E-state index in [0.29, 0.717) is 17.7 Å². The molecule has 2 aromatic carbocycles. The van der Waals surface area contributed by atoms with Crippen molar-refractivity contribution < 1.29 is 24.6 Å². The number of carboxylic acid groups (broad SMARTS) is 1. The number of benzene rings is 2. The molecule has 29 heavy (non-hydrogen) atoms. The predicted octanol–water partition coefficient (Wildman–Crippen LogP) is 4.64. The Morgan fingerprint density at radius 1 is 0.862 bits per heavy atom. The molecule has 2 amide bonds. The zero-order valence-corrected chi connectivity index (χ0v) is 16.4. The van der Waals surface area contributed by atoms with E-state index in [9.17, 15) is 19.5 Å². The smallest absolute Gasteiger partial charge is 0.339 e. The van der Waals surface area contributed by atoms with Crippen LogP contribution in [0.2, 0.25) is 0 Å². The summed E-state index contributed by atoms with van der Waals surface area (Å²) in [6.45, 7) is 2.15. The van der Waals surface area contributed by atoms with Crippen molar-refractivity contribution in [3.05, 3.63) is 53.6 Å². The van der Waals surface area contributed by atoms with E-state index in [1.54, 1.807) is 24.3 Å². The van der Waals surface area contributed by atoms with Crippen LogP contribution in [0.3, 0.4) is 0 Å². The Bertz CT molecular complexity index is 862. The molecule has 4 N–H and O–H groups in total. The van der Waals surface area contributed by atoms with Crippen molar-refractivity contribution in [1.82, 2.24) is 0 Å². The Balaban J connectivity index is 1.89. The van der Waals surface area contributed by atoms with E-state index in [4.69, 9.17) is 5.11 Å². The molecular weight excluding hydrogens is 372 g/mol. The highest BCUT2D eigenvalue weighted by Gasteiger charge is 2.12. The molecule has 0 fully saturated rings. The van der Waals surface area contributed by atoms with Gasteiger partial charge in [-0.3, -0.25) is 9.59 Å². The second-order valence-electron chi connectivity index (χ2n) is 6.78. The first-order chi connectivity index (χ1) is 13.9. The molecule has 7 nitrogen and oxygen atoms in total. The summed E-state index contributed by atoms with van der Waals surface area (Å²) in [5.74, 6) is -2.14. The Kier molecular flexibility index (Phi) is 8.21. The maximum absolute atomic E-state index is 12.3. The van der Waals surface area contributed by atoms with Crippen LogP contribution in [0, 0.1) is 0 Å². The van der Waals surface area contributed by atoms with Gasteiger partial charge in [-0.2, -0.15) is 0 Å². The third-order valence-corrected chi connectivity index (χ3v) is 4.42. The largest absolute Gasteiger partial charge is 0.507 e. The van der Waals surface area contributed by atoms with Gasteiger partial charge in [-0.05, 0) is 48.9 Å². The maximum atomic E-state index is 12.3. The zero-order valence-electron chi connectivity index (χ0n) is 16.4. The predicted molar refractivity (Wildman–Crippen MR) is 111 cm³/mol. The molecule has 154 valence electrons. The first kappa shape index (κ1) is 21.9. The van der Waals surface area contributed by atoms with E-state index in [1.807, 2.05) is 0 Å². The standard InChI is InChI=1S/C22H26N2O5/c1-2-3-4-5-6-7-20(26)23-16-10-8-15(9-11-16)21(27)24-17-12-13-19(25)18(14-17)22(28)29/h8-14,25H,2-7H2,1H3,(H,23,26)(H,24,27)(H,28,29). The van der Waals surface area contributed by atoms with Gasteiger partial charge in [-0.15, -0.1) is 0 Å². The fraction of sp³-hybridized carbons (Fsp3) is 0.318. The highest BCUT2D eigenvalue weighted by Crippen LogP contribution is 2.22. The molecule has 0 saturated carbocycles. The van der Waals surface area contributed by atoms with Crippen LogP contribution in [0.4, 0.5) is 11.4 Å². The van der Waals surface area contributed by atoms with Crippen LogP contribution in [0.25, 0.3) is 0 Å². The van der Waals surface area contributed by atoms with E-state index in [-0.39, 0.29) is 22.9 Å². The number of anilines is 2. The third-order valence-electron chi connectivity index (χ3n) is 4.42. The van der Waals surface area contributed by atoms with E-state index >= 15 is 0 Å². The van der Waals surface area contributed by atoms with Crippen molar-refractivity contribution >= 4 is 29.2 Å². The molecule has 0 unspecified atom stereocenters. The zero-order chi connectivity index (χ0) is 21.2. The van der Waals surface area contributed by atoms with Gasteiger partial charge in [0.2, 0.25) is 5.91 Å². The maximum Gasteiger partial charge on any atom is 0.339 e. The number of amides is 2. The second-order valence-corrected chi connectivity index (χ2v) is 6.78. The molecule has 7 heteroatoms. The van der Waals surface area contributed by atoms with Crippen molar-refractivity contribution in [2.75, 3.05) is 10.6 Å². The van der Waals surface area contributed by atoms with Gasteiger partial charge in [0, 0.05) is 23.4 Å². The summed E-state index contributed by atoms with van der Waals surface area (Å²) in [4.78, 5) is 35.4. The fourth-order valence-electron chi connectivity index (χ4n) is 2.81. The number of carbonyl (C=O) groups is 3. The minimum Gasteiger partial charge on any atom is -0.507 e. The van der Waals surface area contributed by atoms with Crippen LogP contribution in [0.1, 0.15) is 66.2 Å². The molecule has 0 aliphatic carbocycles. The Hall–Kier alpha value is -3.35. The van der Waals surface area contributed by atoms with E-state index in [0.717, 1.165) is 19.3 Å². The molecule has 2 aromatic rings. The summed E-state index contributed by atoms with van der Waals surface area (Å²) in [5.41, 5.74) is 0.923. The summed E-state index contributed by atoms with van der Waals surface area (Å²) < 4.78 is 0. The Labute approximate surface area is 169 Å². The highest BCUT2D eigenvalue weighted by atomic mass is 16.4. The number of phenols is 1. The van der Waals surface area contributed by atoms with Gasteiger partial charge in [0.25, 0.3) is 5.91 Å². The summed E-state index contributed by atoms with van der Waals surface area (Å²) in [6, 6.07) is 10.2. The van der Waals surface area contributed by atoms with Crippen LogP contribution in [0.15, 0.2) is 42.5 Å². The molecular formula is C22H26N2O5. The first-order valence-electron chi connectivity index (χ1n) is 9.68. The van der Waals surface area contributed by atoms with Gasteiger partial charge in [0.1, 0.15) is 11.3 Å². The first-order valence-corrected chi connectivity index (χ1v) is 9.68. The number of unbranched alkanes of at least 4 members (excludes halogenated alkanes) is 4. The Morgan fingerprint density at radius 2 is 1.52 bits per heavy atom. The average Bonchev–Trinajstić information content (AvgIpc) is 2.69. The van der Waals surface area contributed by atoms with Crippen molar-refractivity contribution in [3.8, 4) is 5.75 Å². The highest BCUT2D eigenvalue weighted by molar-refractivity contribution is 6.05. The van der Waals surface area contributed by atoms with Crippen LogP contribution < -0.4 is 10.6 Å². The SMILES string of the molecule is CCCCCCCC(=O)Nc1ccc(C(=O)Nc2ccc(O)c(C(=O)O)c2)cc1. The van der Waals surface area contributed by atoms with Crippen molar-refractivity contribution in [2.24, 2.45) is 0 Å². The minimum absolute atomic E-state index is 0.0519. The number of rotatable bonds is 10. The molecule has 0 aliphatic heterocycles. The van der Waals surface area contributed by atoms with Gasteiger partial charge in [0.15, 0.2) is 0 Å². The monoisotopic (exact) mass is 398 g/mol. The molecule has 0 atom stereocenters. The molecule has 0 heterocycles. The summed E-state index contributed by atoms with van der Waals surface area (Å²) in [7, 11) is 0. The van der Waals surface area contributed by atoms with E-state index < -0.39 is 11.9 Å². The lowest BCUT2D eigenvalue weighted by Gasteiger charge is -2.09. The molecule has 0 bridgehead atoms. The molecule has 0 saturated heterocycles. The lowest BCUT2D eigenvalue weighted by molar-refractivity contribution is -0.116. The summed E-state index contributed by atoms with van der Waals surface area (Å²) >= 11 is 0. The van der Waals surface area contributed by atoms with Crippen LogP contribution in [-0.4, -0.2) is 28.0 Å². The lowest BCUT2D eigenvalue weighted by Crippen LogP contribution is -2.13. The van der Waals surface area contributed by atoms with Crippen molar-refractivity contribution in [2.45, 2.75) is 45.4 Å². The van der Waals surface area contributed by atoms with Gasteiger partial charge >= 0.3 is 5.97 Å². The molecule has 2 rings (SSSR count). The number of nitrogens with one attached hydrogen (secondary N) is 2. The normalized spacial score (nSPS) is 10.4. The fourth-order valence-corrected chi connectivity index (χ4v) is 2.81. The van der Waals surface area contributed by atoms with E-state index in [2.05, 4.69) is 17.6 Å². The number of aromatic carboxylic acids is 1. The second kappa shape index (κ2) is 10.8. The lowest BCUT2D eigenvalue weighted by atomic mass is 10.1. The van der Waals surface area contributed by atoms with Crippen LogP contribution in [0.5, 0.6) is 5.75 Å². The number of hydrogen-bond acceptors (Lipinski definition) is 4. The third kappa shape index (κ3) is 6.95. The molecule has 0 aliphatic rings. The van der Waals surface area contributed by atoms with Crippen molar-refractivity contribution in [1.29, 1.82) is 0 Å².